The molecule has 0 saturated carbocycles. The molecule has 1 saturated heterocycles. The van der Waals surface area contributed by atoms with Crippen molar-refractivity contribution in [3.05, 3.63) is 51.5 Å². The third-order valence-corrected chi connectivity index (χ3v) is 4.91. The van der Waals surface area contributed by atoms with Crippen LogP contribution in [0.4, 0.5) is 0 Å². The molecule has 1 N–H and O–H groups in total. The smallest absolute Gasteiger partial charge is 0.345 e. The number of nitrogens with one attached hydrogen (secondary N) is 1. The zero-order valence-electron chi connectivity index (χ0n) is 16.6. The van der Waals surface area contributed by atoms with Crippen molar-refractivity contribution in [2.75, 3.05) is 0 Å². The van der Waals surface area contributed by atoms with Crippen LogP contribution in [0.15, 0.2) is 39.5 Å². The number of carbonyl (C=O) groups is 4. The summed E-state index contributed by atoms with van der Waals surface area (Å²) in [6.07, 6.45) is -0.251. The SMILES string of the molecule is CC(=O)Oc1cc2oc(=O)c(-c3ccc(CC(=O)ON4C(=O)CCC4=O)[nH]3)cc2cc1Cl. The van der Waals surface area contributed by atoms with Gasteiger partial charge in [-0.2, -0.15) is 0 Å². The second kappa shape index (κ2) is 8.31. The number of rotatable bonds is 5. The summed E-state index contributed by atoms with van der Waals surface area (Å²) < 4.78 is 10.3. The van der Waals surface area contributed by atoms with Crippen molar-refractivity contribution in [1.29, 1.82) is 0 Å². The molecule has 0 spiro atoms. The fourth-order valence-corrected chi connectivity index (χ4v) is 3.40. The van der Waals surface area contributed by atoms with Gasteiger partial charge in [0.2, 0.25) is 0 Å². The molecule has 0 radical (unpaired) electrons. The number of aromatic nitrogens is 1. The summed E-state index contributed by atoms with van der Waals surface area (Å²) in [5, 5.41) is 1.12. The zero-order chi connectivity index (χ0) is 23.0. The van der Waals surface area contributed by atoms with Crippen LogP contribution in [0.2, 0.25) is 5.02 Å². The van der Waals surface area contributed by atoms with E-state index in [-0.39, 0.29) is 41.2 Å². The molecule has 164 valence electrons. The molecule has 10 nitrogen and oxygen atoms in total. The first-order valence-corrected chi connectivity index (χ1v) is 9.79. The number of halogens is 1. The van der Waals surface area contributed by atoms with E-state index in [0.29, 0.717) is 21.8 Å². The first-order valence-electron chi connectivity index (χ1n) is 9.42. The number of aromatic amines is 1. The van der Waals surface area contributed by atoms with E-state index in [1.54, 1.807) is 18.2 Å². The molecule has 2 amide bonds. The van der Waals surface area contributed by atoms with Gasteiger partial charge in [0.05, 0.1) is 22.7 Å². The number of nitrogens with zero attached hydrogens (tertiary/aromatic N) is 1. The number of hydrogen-bond donors (Lipinski definition) is 1. The van der Waals surface area contributed by atoms with Crippen LogP contribution in [0.5, 0.6) is 5.75 Å². The maximum atomic E-state index is 12.5. The number of H-pyrrole nitrogens is 1. The highest BCUT2D eigenvalue weighted by Gasteiger charge is 2.32. The van der Waals surface area contributed by atoms with Crippen LogP contribution >= 0.6 is 11.6 Å². The number of imide groups is 1. The Morgan fingerprint density at radius 2 is 1.84 bits per heavy atom. The van der Waals surface area contributed by atoms with E-state index >= 15 is 0 Å². The Morgan fingerprint density at radius 1 is 1.12 bits per heavy atom. The van der Waals surface area contributed by atoms with Crippen LogP contribution in [-0.2, 0) is 30.4 Å². The molecule has 1 aromatic carbocycles. The largest absolute Gasteiger partial charge is 0.425 e. The summed E-state index contributed by atoms with van der Waals surface area (Å²) in [7, 11) is 0. The van der Waals surface area contributed by atoms with Crippen molar-refractivity contribution in [2.45, 2.75) is 26.2 Å². The molecule has 4 rings (SSSR count). The molecule has 32 heavy (non-hydrogen) atoms. The second-order valence-corrected chi connectivity index (χ2v) is 7.39. The first-order chi connectivity index (χ1) is 15.2. The van der Waals surface area contributed by atoms with E-state index < -0.39 is 29.4 Å². The van der Waals surface area contributed by atoms with Crippen molar-refractivity contribution >= 4 is 46.3 Å². The van der Waals surface area contributed by atoms with Crippen LogP contribution in [0, 0.1) is 0 Å². The first kappa shape index (κ1) is 21.3. The maximum Gasteiger partial charge on any atom is 0.345 e. The Bertz CT molecular complexity index is 1320. The highest BCUT2D eigenvalue weighted by molar-refractivity contribution is 6.33. The van der Waals surface area contributed by atoms with Gasteiger partial charge in [0.25, 0.3) is 11.8 Å². The van der Waals surface area contributed by atoms with E-state index in [4.69, 9.17) is 25.6 Å². The van der Waals surface area contributed by atoms with Gasteiger partial charge in [-0.1, -0.05) is 11.6 Å². The van der Waals surface area contributed by atoms with Gasteiger partial charge < -0.3 is 19.0 Å². The number of fused-ring (bicyclic) bond motifs is 1. The van der Waals surface area contributed by atoms with E-state index in [0.717, 1.165) is 0 Å². The molecular weight excluding hydrogens is 444 g/mol. The highest BCUT2D eigenvalue weighted by atomic mass is 35.5. The minimum atomic E-state index is -0.808. The van der Waals surface area contributed by atoms with Crippen molar-refractivity contribution < 1.29 is 33.2 Å². The van der Waals surface area contributed by atoms with Gasteiger partial charge in [-0.05, 0) is 24.3 Å². The lowest BCUT2D eigenvalue weighted by atomic mass is 10.1. The van der Waals surface area contributed by atoms with Gasteiger partial charge in [0, 0.05) is 36.9 Å². The van der Waals surface area contributed by atoms with E-state index in [9.17, 15) is 24.0 Å². The Hall–Kier alpha value is -3.92. The molecule has 3 aromatic rings. The molecule has 0 aliphatic carbocycles. The molecule has 11 heteroatoms. The lowest BCUT2D eigenvalue weighted by Crippen LogP contribution is -2.32. The summed E-state index contributed by atoms with van der Waals surface area (Å²) in [5.74, 6) is -2.45. The summed E-state index contributed by atoms with van der Waals surface area (Å²) in [4.78, 5) is 66.6. The Labute approximate surface area is 184 Å². The molecular formula is C21H15ClN2O8. The fourth-order valence-electron chi connectivity index (χ4n) is 3.19. The van der Waals surface area contributed by atoms with Crippen molar-refractivity contribution in [3.63, 3.8) is 0 Å². The predicted molar refractivity (Wildman–Crippen MR) is 109 cm³/mol. The monoisotopic (exact) mass is 458 g/mol. The molecule has 1 fully saturated rings. The molecule has 0 atom stereocenters. The van der Waals surface area contributed by atoms with E-state index in [2.05, 4.69) is 4.98 Å². The van der Waals surface area contributed by atoms with Crippen LogP contribution in [0.1, 0.15) is 25.5 Å². The zero-order valence-corrected chi connectivity index (χ0v) is 17.4. The number of carbonyl (C=O) groups excluding carboxylic acids is 4. The minimum absolute atomic E-state index is 0.00287. The fraction of sp³-hybridized carbons (Fsp3) is 0.190. The van der Waals surface area contributed by atoms with Crippen LogP contribution in [0.3, 0.4) is 0 Å². The van der Waals surface area contributed by atoms with Crippen molar-refractivity contribution in [2.24, 2.45) is 0 Å². The third kappa shape index (κ3) is 4.26. The third-order valence-electron chi connectivity index (χ3n) is 4.61. The van der Waals surface area contributed by atoms with Crippen LogP contribution in [-0.4, -0.2) is 33.8 Å². The molecule has 1 aliphatic heterocycles. The average molecular weight is 459 g/mol. The van der Waals surface area contributed by atoms with Crippen molar-refractivity contribution in [3.8, 4) is 17.0 Å². The Morgan fingerprint density at radius 3 is 2.53 bits per heavy atom. The number of amides is 2. The normalized spacial score (nSPS) is 13.6. The maximum absolute atomic E-state index is 12.5. The van der Waals surface area contributed by atoms with Crippen LogP contribution in [0.25, 0.3) is 22.2 Å². The summed E-state index contributed by atoms with van der Waals surface area (Å²) in [6.45, 7) is 1.22. The summed E-state index contributed by atoms with van der Waals surface area (Å²) >= 11 is 6.13. The molecule has 2 aromatic heterocycles. The standard InChI is InChI=1S/C21H15ClN2O8/c1-10(25)30-17-9-16-11(7-14(17)22)6-13(21(29)31-16)15-3-2-12(23-15)8-20(28)32-24-18(26)4-5-19(24)27/h2-3,6-7,9,23H,4-5,8H2,1H3. The second-order valence-electron chi connectivity index (χ2n) is 6.98. The Balaban J connectivity index is 1.56. The highest BCUT2D eigenvalue weighted by Crippen LogP contribution is 2.31. The Kier molecular flexibility index (Phi) is 5.54. The van der Waals surface area contributed by atoms with Crippen LogP contribution < -0.4 is 10.4 Å². The molecule has 3 heterocycles. The molecule has 1 aliphatic rings. The average Bonchev–Trinajstić information content (AvgIpc) is 3.30. The van der Waals surface area contributed by atoms with Gasteiger partial charge in [-0.3, -0.25) is 14.4 Å². The quantitative estimate of drug-likeness (QED) is 0.266. The summed E-state index contributed by atoms with van der Waals surface area (Å²) in [6, 6.07) is 7.51. The minimum Gasteiger partial charge on any atom is -0.425 e. The number of hydrogen-bond acceptors (Lipinski definition) is 8. The van der Waals surface area contributed by atoms with Gasteiger partial charge >= 0.3 is 17.6 Å². The van der Waals surface area contributed by atoms with E-state index in [1.807, 2.05) is 0 Å². The van der Waals surface area contributed by atoms with Gasteiger partial charge in [-0.25, -0.2) is 9.59 Å². The number of hydroxylamine groups is 2. The van der Waals surface area contributed by atoms with Gasteiger partial charge in [0.1, 0.15) is 5.58 Å². The lowest BCUT2D eigenvalue weighted by Gasteiger charge is -2.12. The number of benzene rings is 1. The van der Waals surface area contributed by atoms with E-state index in [1.165, 1.54) is 19.1 Å². The van der Waals surface area contributed by atoms with Crippen molar-refractivity contribution in [1.82, 2.24) is 10.0 Å². The topological polar surface area (TPSA) is 136 Å². The molecule has 0 bridgehead atoms. The predicted octanol–water partition coefficient (Wildman–Crippen LogP) is 2.52. The number of esters is 1. The van der Waals surface area contributed by atoms with Gasteiger partial charge in [-0.15, -0.1) is 5.06 Å². The summed E-state index contributed by atoms with van der Waals surface area (Å²) in [5.41, 5.74) is 0.453. The number of ether oxygens (including phenoxy) is 1. The molecule has 0 unspecified atom stereocenters. The lowest BCUT2D eigenvalue weighted by molar-refractivity contribution is -0.197. The van der Waals surface area contributed by atoms with Gasteiger partial charge in [0.15, 0.2) is 5.75 Å².